The molecule has 26 nitrogen and oxygen atoms in total. The first-order valence-corrected chi connectivity index (χ1v) is 48.5. The van der Waals surface area contributed by atoms with Gasteiger partial charge in [-0.3, -0.25) is 29.2 Å². The summed E-state index contributed by atoms with van der Waals surface area (Å²) in [6, 6.07) is 37.1. The molecule has 8 fully saturated rings. The Hall–Kier alpha value is -12.0. The number of nitrogens with one attached hydrogen (secondary N) is 6. The first kappa shape index (κ1) is 92.9. The molecule has 2 aromatic heterocycles. The maximum Gasteiger partial charge on any atom is 0.407 e. The molecule has 6 N–H and O–H groups in total. The Kier molecular flexibility index (Phi) is 27.2. The van der Waals surface area contributed by atoms with Crippen molar-refractivity contribution in [1.82, 2.24) is 60.8 Å². The number of hydrogen-bond donors (Lipinski definition) is 6. The van der Waals surface area contributed by atoms with Crippen molar-refractivity contribution in [2.24, 2.45) is 57.3 Å². The minimum absolute atomic E-state index is 0.000450. The Labute approximate surface area is 781 Å². The van der Waals surface area contributed by atoms with Gasteiger partial charge in [0.25, 0.3) is 0 Å². The number of benzene rings is 6. The maximum atomic E-state index is 13.8. The third-order valence-electron chi connectivity index (χ3n) is 30.8. The predicted octanol–water partition coefficient (Wildman–Crippen LogP) is 18.7. The van der Waals surface area contributed by atoms with E-state index in [-0.39, 0.29) is 83.6 Å². The Morgan fingerprint density at radius 3 is 1.52 bits per heavy atom. The van der Waals surface area contributed by atoms with Crippen LogP contribution in [0.3, 0.4) is 0 Å². The summed E-state index contributed by atoms with van der Waals surface area (Å²) in [5.41, 5.74) is 27.8. The highest BCUT2D eigenvalue weighted by Gasteiger charge is 2.57. The largest absolute Gasteiger partial charge is 0.453 e. The second kappa shape index (κ2) is 38.9. The van der Waals surface area contributed by atoms with Gasteiger partial charge in [0.05, 0.1) is 81.2 Å². The molecule has 8 aromatic rings. The standard InChI is InChI=1S/C35H41N3O3.C31H37N3O3.C22H28N4O3.C19H26N4O3/c1-19(2)32(37-35(40)41-4)34(39)38-26-12-10-24(15-26)33(38)30-17-25(18-36-30)21-6-8-22(9-7-21)27-13-5-20(3)31-28-14-11-23(28)16-29(27)31;1-17(2)29(33-31(36)37-4)30(35)34-13-5-6-27(34)26-16-21-14-19(9-12-25(21)32-26)22-10-7-18(3)28-23-11-8-20(23)15-24(22)28;1-12(2)19(25-22(28)29-4)21(27)26-17-9-15(17)10-18(26)20-23-11-16(24-20)14-7-5-13(3)6-8-14;1-11(2)16(22-19(25)26-4)18(24)23-9-5-6-15(23)17-20-13-8-7-12(3)10-14(13)21-17/h5-9,13,18-19,23-24,26,28,32-33H,10-12,14-17H2,1-4H3,(H,37,40);7,9-10,12,14,17,20,23,27,29H,5-6,8,11,13,15-16H2,1-4H3,(H,33,36);5-8,11-12,15,17-19H,9-10H2,1-4H3,(H,23,24)(H,25,28);7-8,10-11,15-16H,5-6,9H2,1-4H3,(H,20,21)(H,22,25)/t23?,24?,26?,28?,32-,33-;20?,23?,27-,29-;15?,17?,18-,19-;15-,16-/m0000/s1. The van der Waals surface area contributed by atoms with Crippen LogP contribution in [0.5, 0.6) is 0 Å². The first-order chi connectivity index (χ1) is 64.0. The van der Waals surface area contributed by atoms with Crippen molar-refractivity contribution < 1.29 is 57.3 Å². The summed E-state index contributed by atoms with van der Waals surface area (Å²) in [7, 11) is 5.26. The fourth-order valence-corrected chi connectivity index (χ4v) is 23.3. The number of aromatic amines is 2. The number of H-pyrrole nitrogens is 2. The number of methoxy groups -OCH3 is 4. The van der Waals surface area contributed by atoms with Crippen molar-refractivity contribution in [1.29, 1.82) is 0 Å². The number of nitrogens with zero attached hydrogens (tertiary/aromatic N) is 8. The monoisotopic (exact) mass is 1810 g/mol. The molecule has 16 atom stereocenters. The number of imidazole rings is 2. The summed E-state index contributed by atoms with van der Waals surface area (Å²) in [4.78, 5) is 135. The summed E-state index contributed by atoms with van der Waals surface area (Å²) in [5.74, 6) is 5.44. The zero-order valence-corrected chi connectivity index (χ0v) is 80.0. The van der Waals surface area contributed by atoms with E-state index in [1.54, 1.807) is 22.3 Å². The van der Waals surface area contributed by atoms with Crippen LogP contribution in [0.2, 0.25) is 0 Å². The average Bonchev–Trinajstić information content (AvgIpc) is 1.53. The summed E-state index contributed by atoms with van der Waals surface area (Å²) >= 11 is 0. The third-order valence-corrected chi connectivity index (χ3v) is 30.8. The van der Waals surface area contributed by atoms with Crippen molar-refractivity contribution in [3.63, 3.8) is 0 Å². The summed E-state index contributed by atoms with van der Waals surface area (Å²) in [6.07, 6.45) is 19.6. The number of fused-ring (bicyclic) bond motifs is 11. The number of likely N-dealkylation sites (tertiary alicyclic amines) is 4. The van der Waals surface area contributed by atoms with E-state index in [0.717, 1.165) is 151 Å². The predicted molar refractivity (Wildman–Crippen MR) is 515 cm³/mol. The number of aromatic nitrogens is 4. The topological polar surface area (TPSA) is 317 Å². The number of ether oxygens (including phenoxy) is 4. The maximum absolute atomic E-state index is 13.8. The fourth-order valence-electron chi connectivity index (χ4n) is 23.3. The van der Waals surface area contributed by atoms with Crippen molar-refractivity contribution in [2.75, 3.05) is 41.5 Å². The third kappa shape index (κ3) is 18.7. The molecule has 6 aliphatic carbocycles. The number of carbonyl (C=O) groups is 8. The van der Waals surface area contributed by atoms with E-state index in [2.05, 4.69) is 169 Å². The molecule has 26 heteroatoms. The van der Waals surface area contributed by atoms with Crippen LogP contribution in [0.15, 0.2) is 132 Å². The van der Waals surface area contributed by atoms with E-state index in [1.807, 2.05) is 102 Å². The van der Waals surface area contributed by atoms with Gasteiger partial charge in [-0.1, -0.05) is 146 Å². The number of amides is 8. The Morgan fingerprint density at radius 2 is 0.962 bits per heavy atom. The van der Waals surface area contributed by atoms with Gasteiger partial charge in [0, 0.05) is 55.6 Å². The van der Waals surface area contributed by atoms with E-state index < -0.39 is 48.5 Å². The van der Waals surface area contributed by atoms with Crippen molar-refractivity contribution in [2.45, 2.75) is 264 Å². The van der Waals surface area contributed by atoms with Crippen LogP contribution in [0.4, 0.5) is 24.9 Å². The van der Waals surface area contributed by atoms with Gasteiger partial charge in [0.1, 0.15) is 35.8 Å². The van der Waals surface area contributed by atoms with E-state index in [1.165, 1.54) is 123 Å². The summed E-state index contributed by atoms with van der Waals surface area (Å²) in [5, 5.41) is 10.9. The van der Waals surface area contributed by atoms with Gasteiger partial charge in [-0.05, 0) is 291 Å². The minimum Gasteiger partial charge on any atom is -0.453 e. The lowest BCUT2D eigenvalue weighted by Crippen LogP contribution is -2.57. The molecule has 0 spiro atoms. The Bertz CT molecular complexity index is 5870. The van der Waals surface area contributed by atoms with Gasteiger partial charge in [-0.2, -0.15) is 0 Å². The van der Waals surface area contributed by atoms with E-state index in [0.29, 0.717) is 24.9 Å². The molecule has 12 aliphatic rings. The molecule has 8 heterocycles. The van der Waals surface area contributed by atoms with Gasteiger partial charge in [-0.25, -0.2) is 29.1 Å². The van der Waals surface area contributed by atoms with Crippen molar-refractivity contribution in [3.8, 4) is 33.5 Å². The number of rotatable bonds is 20. The van der Waals surface area contributed by atoms with Gasteiger partial charge < -0.3 is 69.8 Å². The highest BCUT2D eigenvalue weighted by atomic mass is 16.5. The number of carbonyl (C=O) groups excluding carboxylic acids is 8. The van der Waals surface area contributed by atoms with Gasteiger partial charge in [0.15, 0.2) is 0 Å². The smallest absolute Gasteiger partial charge is 0.407 e. The van der Waals surface area contributed by atoms with Gasteiger partial charge in [-0.15, -0.1) is 0 Å². The Morgan fingerprint density at radius 1 is 0.451 bits per heavy atom. The number of alkyl carbamates (subject to hydrolysis) is 4. The van der Waals surface area contributed by atoms with E-state index >= 15 is 0 Å². The minimum atomic E-state index is -0.616. The molecule has 0 radical (unpaired) electrons. The van der Waals surface area contributed by atoms with Crippen molar-refractivity contribution >= 4 is 81.7 Å². The van der Waals surface area contributed by atoms with Crippen LogP contribution in [-0.2, 0) is 57.4 Å². The molecule has 8 unspecified atom stereocenters. The molecule has 2 bridgehead atoms. The lowest BCUT2D eigenvalue weighted by molar-refractivity contribution is -0.137. The quantitative estimate of drug-likeness (QED) is 0.0387. The second-order valence-electron chi connectivity index (χ2n) is 40.6. The number of piperidine rings is 2. The van der Waals surface area contributed by atoms with Crippen LogP contribution >= 0.6 is 0 Å². The SMILES string of the molecule is COC(=O)N[C@H](C(=O)N1C2CC2C[C@H]1c1ncc(-c2ccc(C)cc2)[nH]1)C(C)C.COC(=O)N[C@H](C(=O)N1C2CCC(C2)[C@H]1C1=NC=C(c2ccc(-c3ccc(C)c4c3CC3CCC43)cc2)C1)C(C)C.COC(=O)N[C@H](C(=O)N1CCC[C@H]1C1=Nc2ccc(-c3ccc(C)c4c3CC3CCC43)cc2C1)C(C)C.COC(=O)N[C@H](C(=O)N1CCC[C@H]1c1nc2ccc(C)cc2[nH]1)C(C)C. The lowest BCUT2D eigenvalue weighted by Gasteiger charge is -2.38. The van der Waals surface area contributed by atoms with Crippen LogP contribution in [0.1, 0.15) is 236 Å². The average molecular weight is 1810 g/mol. The molecule has 133 heavy (non-hydrogen) atoms. The summed E-state index contributed by atoms with van der Waals surface area (Å²) < 4.78 is 19.0. The zero-order chi connectivity index (χ0) is 93.8. The molecule has 702 valence electrons. The molecule has 4 saturated carbocycles. The van der Waals surface area contributed by atoms with Gasteiger partial charge >= 0.3 is 24.4 Å². The van der Waals surface area contributed by atoms with Crippen LogP contribution in [-0.4, -0.2) is 189 Å². The zero-order valence-electron chi connectivity index (χ0n) is 80.0. The molecule has 20 rings (SSSR count). The molecule has 4 saturated heterocycles. The number of aliphatic imine (C=N–C) groups is 2. The fraction of sp³-hybridized carbons (Fsp3) is 0.514. The second-order valence-corrected chi connectivity index (χ2v) is 40.6. The van der Waals surface area contributed by atoms with E-state index in [9.17, 15) is 38.4 Å². The number of aryl methyl sites for hydroxylation is 4. The Balaban J connectivity index is 0.000000126. The summed E-state index contributed by atoms with van der Waals surface area (Å²) in [6.45, 7) is 25.5. The first-order valence-electron chi connectivity index (χ1n) is 48.5. The highest BCUT2D eigenvalue weighted by molar-refractivity contribution is 6.05. The van der Waals surface area contributed by atoms with E-state index in [4.69, 9.17) is 24.2 Å². The molecular weight excluding hydrogens is 1670 g/mol. The molecular formula is C107H132N14O12. The highest BCUT2D eigenvalue weighted by Crippen LogP contribution is 2.58. The van der Waals surface area contributed by atoms with Crippen molar-refractivity contribution in [3.05, 3.63) is 189 Å². The lowest BCUT2D eigenvalue weighted by atomic mass is 9.73. The molecule has 8 amide bonds. The van der Waals surface area contributed by atoms with Crippen LogP contribution in [0, 0.1) is 75.0 Å². The molecule has 6 aliphatic heterocycles. The van der Waals surface area contributed by atoms with Crippen LogP contribution < -0.4 is 21.3 Å². The number of hydrogen-bond acceptors (Lipinski definition) is 16. The normalized spacial score (nSPS) is 24.1. The van der Waals surface area contributed by atoms with Crippen LogP contribution in [0.25, 0.3) is 50.1 Å². The molecule has 6 aromatic carbocycles. The van der Waals surface area contributed by atoms with Gasteiger partial charge in [0.2, 0.25) is 23.6 Å². The number of allylic oxidation sites excluding steroid dienone is 1.